The van der Waals surface area contributed by atoms with Gasteiger partial charge in [-0.3, -0.25) is 0 Å². The molecular weight excluding hydrogens is 331 g/mol. The van der Waals surface area contributed by atoms with E-state index in [2.05, 4.69) is 28.7 Å². The molecule has 2 aromatic rings. The quantitative estimate of drug-likeness (QED) is 0.730. The van der Waals surface area contributed by atoms with Gasteiger partial charge in [0.05, 0.1) is 19.2 Å². The molecule has 1 nitrogen and oxygen atoms in total. The molecule has 1 aromatic carbocycles. The van der Waals surface area contributed by atoms with Gasteiger partial charge in [-0.15, -0.1) is 11.3 Å². The number of benzene rings is 1. The monoisotopic (exact) mass is 338 g/mol. The highest BCUT2D eigenvalue weighted by molar-refractivity contribution is 14.1. The fourth-order valence-electron chi connectivity index (χ4n) is 1.32. The SMILES string of the molecule is CCOc1ccc(Cl)c2sc(I)cc12. The normalized spacial score (nSPS) is 10.8. The second kappa shape index (κ2) is 4.24. The van der Waals surface area contributed by atoms with Crippen molar-refractivity contribution in [1.29, 1.82) is 0 Å². The van der Waals surface area contributed by atoms with Gasteiger partial charge in [0.2, 0.25) is 0 Å². The van der Waals surface area contributed by atoms with Gasteiger partial charge in [-0.25, -0.2) is 0 Å². The van der Waals surface area contributed by atoms with Crippen LogP contribution in [-0.4, -0.2) is 6.61 Å². The summed E-state index contributed by atoms with van der Waals surface area (Å²) in [6.45, 7) is 2.67. The summed E-state index contributed by atoms with van der Waals surface area (Å²) < 4.78 is 7.87. The first kappa shape index (κ1) is 10.5. The number of hydrogen-bond acceptors (Lipinski definition) is 2. The van der Waals surface area contributed by atoms with Gasteiger partial charge in [0, 0.05) is 5.39 Å². The van der Waals surface area contributed by atoms with Crippen LogP contribution in [0.4, 0.5) is 0 Å². The van der Waals surface area contributed by atoms with Crippen molar-refractivity contribution in [2.75, 3.05) is 6.61 Å². The molecule has 0 saturated carbocycles. The van der Waals surface area contributed by atoms with Crippen LogP contribution in [0.1, 0.15) is 6.92 Å². The molecule has 0 atom stereocenters. The zero-order valence-corrected chi connectivity index (χ0v) is 11.2. The van der Waals surface area contributed by atoms with E-state index in [1.165, 1.54) is 2.88 Å². The minimum absolute atomic E-state index is 0.684. The number of hydrogen-bond donors (Lipinski definition) is 0. The number of thiophene rings is 1. The summed E-state index contributed by atoms with van der Waals surface area (Å²) in [6, 6.07) is 5.93. The van der Waals surface area contributed by atoms with Crippen molar-refractivity contribution in [2.45, 2.75) is 6.92 Å². The van der Waals surface area contributed by atoms with E-state index in [1.54, 1.807) is 11.3 Å². The van der Waals surface area contributed by atoms with Crippen molar-refractivity contribution in [3.05, 3.63) is 26.1 Å². The second-order valence-electron chi connectivity index (χ2n) is 2.77. The Kier molecular flexibility index (Phi) is 3.19. The number of rotatable bonds is 2. The number of fused-ring (bicyclic) bond motifs is 1. The van der Waals surface area contributed by atoms with Gasteiger partial charge in [-0.05, 0) is 47.7 Å². The Morgan fingerprint density at radius 2 is 2.29 bits per heavy atom. The molecule has 0 bridgehead atoms. The Balaban J connectivity index is 2.68. The van der Waals surface area contributed by atoms with E-state index in [4.69, 9.17) is 16.3 Å². The van der Waals surface area contributed by atoms with Crippen LogP contribution in [0.2, 0.25) is 5.02 Å². The third-order valence-electron chi connectivity index (χ3n) is 1.87. The maximum absolute atomic E-state index is 6.09. The molecule has 0 aliphatic heterocycles. The summed E-state index contributed by atoms with van der Waals surface area (Å²) in [5.74, 6) is 0.922. The minimum atomic E-state index is 0.684. The van der Waals surface area contributed by atoms with Crippen LogP contribution in [0.3, 0.4) is 0 Å². The Morgan fingerprint density at radius 1 is 1.50 bits per heavy atom. The lowest BCUT2D eigenvalue weighted by molar-refractivity contribution is 0.344. The molecule has 0 amide bonds. The fraction of sp³-hybridized carbons (Fsp3) is 0.200. The Morgan fingerprint density at radius 3 is 3.00 bits per heavy atom. The largest absolute Gasteiger partial charge is 0.493 e. The molecule has 0 spiro atoms. The van der Waals surface area contributed by atoms with Crippen LogP contribution >= 0.6 is 45.5 Å². The van der Waals surface area contributed by atoms with Crippen molar-refractivity contribution < 1.29 is 4.74 Å². The number of ether oxygens (including phenoxy) is 1. The molecule has 0 unspecified atom stereocenters. The van der Waals surface area contributed by atoms with Gasteiger partial charge < -0.3 is 4.74 Å². The van der Waals surface area contributed by atoms with Gasteiger partial charge in [0.25, 0.3) is 0 Å². The highest BCUT2D eigenvalue weighted by Crippen LogP contribution is 2.38. The lowest BCUT2D eigenvalue weighted by atomic mass is 10.2. The Labute approximate surface area is 105 Å². The highest BCUT2D eigenvalue weighted by Gasteiger charge is 2.08. The van der Waals surface area contributed by atoms with E-state index < -0.39 is 0 Å². The number of halogens is 2. The summed E-state index contributed by atoms with van der Waals surface area (Å²) in [4.78, 5) is 0. The van der Waals surface area contributed by atoms with Crippen molar-refractivity contribution >= 4 is 55.6 Å². The average molecular weight is 339 g/mol. The molecule has 2 rings (SSSR count). The fourth-order valence-corrected chi connectivity index (χ4v) is 3.38. The first-order valence-corrected chi connectivity index (χ1v) is 6.50. The molecule has 1 heterocycles. The first-order valence-electron chi connectivity index (χ1n) is 4.22. The van der Waals surface area contributed by atoms with E-state index in [9.17, 15) is 0 Å². The molecule has 4 heteroatoms. The van der Waals surface area contributed by atoms with Crippen molar-refractivity contribution in [2.24, 2.45) is 0 Å². The second-order valence-corrected chi connectivity index (χ2v) is 6.13. The third-order valence-corrected chi connectivity index (χ3v) is 4.22. The first-order chi connectivity index (χ1) is 6.72. The average Bonchev–Trinajstić information content (AvgIpc) is 2.53. The van der Waals surface area contributed by atoms with Crippen LogP contribution in [0.5, 0.6) is 5.75 Å². The van der Waals surface area contributed by atoms with E-state index in [-0.39, 0.29) is 0 Å². The maximum atomic E-state index is 6.09. The predicted octanol–water partition coefficient (Wildman–Crippen LogP) is 4.56. The molecule has 0 aliphatic carbocycles. The Hall–Kier alpha value is -0.000000000000000111. The topological polar surface area (TPSA) is 9.23 Å². The van der Waals surface area contributed by atoms with Crippen LogP contribution < -0.4 is 4.74 Å². The molecule has 0 aliphatic rings. The maximum Gasteiger partial charge on any atom is 0.128 e. The van der Waals surface area contributed by atoms with Crippen molar-refractivity contribution in [3.63, 3.8) is 0 Å². The van der Waals surface area contributed by atoms with Gasteiger partial charge in [-0.1, -0.05) is 11.6 Å². The molecular formula is C10H8ClIOS. The van der Waals surface area contributed by atoms with E-state index in [0.29, 0.717) is 6.61 Å². The smallest absolute Gasteiger partial charge is 0.128 e. The summed E-state index contributed by atoms with van der Waals surface area (Å²) in [6.07, 6.45) is 0. The standard InChI is InChI=1S/C10H8ClIOS/c1-2-13-8-4-3-7(11)10-6(8)5-9(12)14-10/h3-5H,2H2,1H3. The summed E-state index contributed by atoms with van der Waals surface area (Å²) in [7, 11) is 0. The lowest BCUT2D eigenvalue weighted by Crippen LogP contribution is -1.91. The molecule has 0 N–H and O–H groups in total. The molecule has 14 heavy (non-hydrogen) atoms. The van der Waals surface area contributed by atoms with Gasteiger partial charge in [-0.2, -0.15) is 0 Å². The predicted molar refractivity (Wildman–Crippen MR) is 70.7 cm³/mol. The Bertz CT molecular complexity index is 466. The molecule has 1 aromatic heterocycles. The van der Waals surface area contributed by atoms with E-state index >= 15 is 0 Å². The van der Waals surface area contributed by atoms with Gasteiger partial charge in [0.1, 0.15) is 5.75 Å². The minimum Gasteiger partial charge on any atom is -0.493 e. The molecule has 74 valence electrons. The molecule has 0 fully saturated rings. The van der Waals surface area contributed by atoms with Crippen molar-refractivity contribution in [3.8, 4) is 5.75 Å². The highest BCUT2D eigenvalue weighted by atomic mass is 127. The molecule has 0 saturated heterocycles. The third kappa shape index (κ3) is 1.85. The van der Waals surface area contributed by atoms with Crippen molar-refractivity contribution in [1.82, 2.24) is 0 Å². The van der Waals surface area contributed by atoms with Crippen LogP contribution in [0.25, 0.3) is 10.1 Å². The summed E-state index contributed by atoms with van der Waals surface area (Å²) >= 11 is 10.1. The van der Waals surface area contributed by atoms with Crippen LogP contribution in [0, 0.1) is 2.88 Å². The zero-order valence-electron chi connectivity index (χ0n) is 7.51. The van der Waals surface area contributed by atoms with Gasteiger partial charge >= 0.3 is 0 Å². The van der Waals surface area contributed by atoms with Gasteiger partial charge in [0.15, 0.2) is 0 Å². The van der Waals surface area contributed by atoms with E-state index in [1.807, 2.05) is 19.1 Å². The zero-order chi connectivity index (χ0) is 10.1. The van der Waals surface area contributed by atoms with Crippen LogP contribution in [-0.2, 0) is 0 Å². The van der Waals surface area contributed by atoms with E-state index in [0.717, 1.165) is 20.9 Å². The summed E-state index contributed by atoms with van der Waals surface area (Å²) in [5.41, 5.74) is 0. The lowest BCUT2D eigenvalue weighted by Gasteiger charge is -2.04. The molecule has 0 radical (unpaired) electrons. The summed E-state index contributed by atoms with van der Waals surface area (Å²) in [5, 5.41) is 1.92. The van der Waals surface area contributed by atoms with Crippen LogP contribution in [0.15, 0.2) is 18.2 Å².